The zero-order valence-corrected chi connectivity index (χ0v) is 37.5. The molecular formula is C41H72N3O4P3. The first-order chi connectivity index (χ1) is 22.9. The molecule has 5 N–H and O–H groups in total. The molecule has 0 spiro atoms. The topological polar surface area (TPSA) is 110 Å². The van der Waals surface area contributed by atoms with Gasteiger partial charge in [-0.25, -0.2) is 4.57 Å². The van der Waals surface area contributed by atoms with Gasteiger partial charge in [0, 0.05) is 45.6 Å². The molecule has 0 radical (unpaired) electrons. The van der Waals surface area contributed by atoms with Gasteiger partial charge in [-0.3, -0.25) is 0 Å². The van der Waals surface area contributed by atoms with E-state index in [1.165, 1.54) is 27.5 Å². The summed E-state index contributed by atoms with van der Waals surface area (Å²) >= 11 is 0. The number of anilines is 2. The summed E-state index contributed by atoms with van der Waals surface area (Å²) in [5.41, 5.74) is 9.49. The molecule has 1 unspecified atom stereocenters. The summed E-state index contributed by atoms with van der Waals surface area (Å²) in [6, 6.07) is 28.8. The monoisotopic (exact) mass is 763 g/mol. The molecule has 3 aromatic carbocycles. The van der Waals surface area contributed by atoms with Crippen LogP contribution in [0.3, 0.4) is 0 Å². The normalized spacial score (nSPS) is 12.8. The Morgan fingerprint density at radius 1 is 0.569 bits per heavy atom. The molecule has 0 heterocycles. The molecular weight excluding hydrogens is 691 g/mol. The third-order valence-electron chi connectivity index (χ3n) is 7.33. The van der Waals surface area contributed by atoms with Gasteiger partial charge >= 0.3 is 7.82 Å². The Hall–Kier alpha value is -1.81. The third-order valence-corrected chi connectivity index (χ3v) is 14.3. The summed E-state index contributed by atoms with van der Waals surface area (Å²) in [6.45, 7) is 30.4. The van der Waals surface area contributed by atoms with Gasteiger partial charge in [0.1, 0.15) is 0 Å². The minimum Gasteiger partial charge on any atom is -0.378 e. The maximum absolute atomic E-state index is 8.88. The van der Waals surface area contributed by atoms with Crippen LogP contribution in [0.1, 0.15) is 95.6 Å². The van der Waals surface area contributed by atoms with Crippen molar-refractivity contribution >= 4 is 45.6 Å². The molecule has 3 rings (SSSR count). The summed E-state index contributed by atoms with van der Waals surface area (Å²) in [5.74, 6) is 0. The molecule has 0 aliphatic carbocycles. The zero-order valence-electron chi connectivity index (χ0n) is 34.9. The van der Waals surface area contributed by atoms with E-state index < -0.39 is 7.82 Å². The van der Waals surface area contributed by atoms with Crippen molar-refractivity contribution in [3.8, 4) is 0 Å². The van der Waals surface area contributed by atoms with Crippen LogP contribution in [0, 0.1) is 0 Å². The maximum Gasteiger partial charge on any atom is 0.466 e. The standard InChI is InChI=1S/2C16H28NP.C9H13N.H3O4P/c2*1-15(2,3)18(16(4,5)6)14-11-9-13(10-12-14)17(7)8;1-8(10)7-9-5-3-2-4-6-9;1-5(2,3)4/h2*9-12H,1-8H3;2-6,8H,7,10H2,1H3;(H3,1,2,3,4). The lowest BCUT2D eigenvalue weighted by molar-refractivity contribution is 0.275. The lowest BCUT2D eigenvalue weighted by Crippen LogP contribution is -2.31. The van der Waals surface area contributed by atoms with E-state index in [-0.39, 0.29) is 21.9 Å². The second kappa shape index (κ2) is 20.6. The minimum absolute atomic E-state index is 0.188. The van der Waals surface area contributed by atoms with Crippen molar-refractivity contribution in [2.24, 2.45) is 5.73 Å². The molecule has 290 valence electrons. The van der Waals surface area contributed by atoms with Crippen molar-refractivity contribution in [2.75, 3.05) is 38.0 Å². The molecule has 51 heavy (non-hydrogen) atoms. The van der Waals surface area contributed by atoms with E-state index in [0.717, 1.165) is 6.42 Å². The first-order valence-corrected chi connectivity index (χ1v) is 21.8. The van der Waals surface area contributed by atoms with E-state index in [4.69, 9.17) is 25.0 Å². The van der Waals surface area contributed by atoms with Crippen molar-refractivity contribution in [1.29, 1.82) is 0 Å². The summed E-state index contributed by atoms with van der Waals surface area (Å²) in [5, 5.41) is 4.38. The fraction of sp³-hybridized carbons (Fsp3) is 0.561. The Kier molecular flexibility index (Phi) is 19.9. The van der Waals surface area contributed by atoms with Crippen LogP contribution in [0.4, 0.5) is 11.4 Å². The van der Waals surface area contributed by atoms with Crippen LogP contribution >= 0.6 is 23.7 Å². The van der Waals surface area contributed by atoms with Crippen LogP contribution in [0.5, 0.6) is 0 Å². The molecule has 7 nitrogen and oxygen atoms in total. The Balaban J connectivity index is 0.000000711. The van der Waals surface area contributed by atoms with Gasteiger partial charge in [0.15, 0.2) is 0 Å². The fourth-order valence-electron chi connectivity index (χ4n) is 6.35. The predicted molar refractivity (Wildman–Crippen MR) is 232 cm³/mol. The van der Waals surface area contributed by atoms with Crippen LogP contribution in [0.25, 0.3) is 0 Å². The largest absolute Gasteiger partial charge is 0.466 e. The van der Waals surface area contributed by atoms with E-state index in [0.29, 0.717) is 20.6 Å². The molecule has 0 saturated heterocycles. The van der Waals surface area contributed by atoms with Gasteiger partial charge in [-0.15, -0.1) is 0 Å². The highest BCUT2D eigenvalue weighted by molar-refractivity contribution is 7.68. The Morgan fingerprint density at radius 3 is 1.02 bits per heavy atom. The minimum atomic E-state index is -4.64. The van der Waals surface area contributed by atoms with Gasteiger partial charge in [-0.2, -0.15) is 0 Å². The number of nitrogens with zero attached hydrogens (tertiary/aromatic N) is 2. The third kappa shape index (κ3) is 20.9. The summed E-state index contributed by atoms with van der Waals surface area (Å²) in [6.07, 6.45) is 0.973. The second-order valence-corrected chi connectivity index (χ2v) is 26.1. The quantitative estimate of drug-likeness (QED) is 0.185. The Labute approximate surface area is 315 Å². The molecule has 0 saturated carbocycles. The maximum atomic E-state index is 8.88. The fourth-order valence-corrected chi connectivity index (χ4v) is 14.4. The molecule has 0 aliphatic rings. The van der Waals surface area contributed by atoms with Crippen molar-refractivity contribution in [1.82, 2.24) is 0 Å². The molecule has 0 bridgehead atoms. The number of rotatable bonds is 6. The van der Waals surface area contributed by atoms with Crippen LogP contribution < -0.4 is 26.1 Å². The van der Waals surface area contributed by atoms with E-state index in [1.54, 1.807) is 0 Å². The number of phosphoric acid groups is 1. The highest BCUT2D eigenvalue weighted by Gasteiger charge is 2.36. The van der Waals surface area contributed by atoms with Crippen molar-refractivity contribution < 1.29 is 19.2 Å². The summed E-state index contributed by atoms with van der Waals surface area (Å²) in [4.78, 5) is 25.9. The predicted octanol–water partition coefficient (Wildman–Crippen LogP) is 9.56. The molecule has 0 aliphatic heterocycles. The van der Waals surface area contributed by atoms with Gasteiger partial charge in [0.05, 0.1) is 0 Å². The second-order valence-electron chi connectivity index (χ2n) is 17.4. The molecule has 3 aromatic rings. The lowest BCUT2D eigenvalue weighted by atomic mass is 10.1. The van der Waals surface area contributed by atoms with E-state index >= 15 is 0 Å². The van der Waals surface area contributed by atoms with Crippen LogP contribution in [0.15, 0.2) is 78.9 Å². The van der Waals surface area contributed by atoms with Crippen LogP contribution in [-0.2, 0) is 11.0 Å². The number of nitrogens with two attached hydrogens (primary N) is 1. The number of hydrogen-bond acceptors (Lipinski definition) is 4. The van der Waals surface area contributed by atoms with E-state index in [2.05, 4.69) is 182 Å². The Bertz CT molecular complexity index is 1310. The number of hydrogen-bond donors (Lipinski definition) is 4. The van der Waals surface area contributed by atoms with Gasteiger partial charge in [-0.1, -0.05) is 154 Å². The first kappa shape index (κ1) is 49.2. The molecule has 0 amide bonds. The lowest BCUT2D eigenvalue weighted by Gasteiger charge is -2.42. The molecule has 0 fully saturated rings. The van der Waals surface area contributed by atoms with Gasteiger partial charge in [-0.05, 0) is 74.4 Å². The highest BCUT2D eigenvalue weighted by Crippen LogP contribution is 2.59. The van der Waals surface area contributed by atoms with Crippen LogP contribution in [-0.4, -0.2) is 69.5 Å². The summed E-state index contributed by atoms with van der Waals surface area (Å²) < 4.78 is 8.88. The SMILES string of the molecule is CC(N)Cc1ccccc1.CN(C)c1ccc(P(C(C)(C)C)C(C)(C)C)cc1.CN(C)c1ccc(P(C(C)(C)C)C(C)(C)C)cc1.O=P(O)(O)O. The molecule has 10 heteroatoms. The zero-order chi connectivity index (χ0) is 40.2. The van der Waals surface area contributed by atoms with Gasteiger partial charge < -0.3 is 30.2 Å². The van der Waals surface area contributed by atoms with Gasteiger partial charge in [0.2, 0.25) is 0 Å². The number of benzene rings is 3. The Morgan fingerprint density at radius 2 is 0.824 bits per heavy atom. The van der Waals surface area contributed by atoms with E-state index in [1.807, 2.05) is 25.1 Å². The van der Waals surface area contributed by atoms with Crippen LogP contribution in [0.2, 0.25) is 0 Å². The van der Waals surface area contributed by atoms with Crippen molar-refractivity contribution in [3.63, 3.8) is 0 Å². The summed E-state index contributed by atoms with van der Waals surface area (Å²) in [7, 11) is 3.34. The van der Waals surface area contributed by atoms with Crippen molar-refractivity contribution in [2.45, 2.75) is 123 Å². The average molecular weight is 764 g/mol. The highest BCUT2D eigenvalue weighted by atomic mass is 31.2. The van der Waals surface area contributed by atoms with E-state index in [9.17, 15) is 0 Å². The molecule has 1 atom stereocenters. The first-order valence-electron chi connectivity index (χ1n) is 17.6. The van der Waals surface area contributed by atoms with Gasteiger partial charge in [0.25, 0.3) is 0 Å². The van der Waals surface area contributed by atoms with Crippen molar-refractivity contribution in [3.05, 3.63) is 84.4 Å². The molecule has 0 aromatic heterocycles. The average Bonchev–Trinajstić information content (AvgIpc) is 2.90. The smallest absolute Gasteiger partial charge is 0.378 e.